The molecule has 8 heteroatoms. The average molecular weight is 440 g/mol. The summed E-state index contributed by atoms with van der Waals surface area (Å²) in [6.45, 7) is 9.25. The summed E-state index contributed by atoms with van der Waals surface area (Å²) in [5.74, 6) is 1.44. The number of anilines is 1. The van der Waals surface area contributed by atoms with Crippen LogP contribution in [0, 0.1) is 13.8 Å². The predicted molar refractivity (Wildman–Crippen MR) is 123 cm³/mol. The lowest BCUT2D eigenvalue weighted by molar-refractivity contribution is -0.117. The number of rotatable bonds is 8. The molecule has 3 heterocycles. The molecule has 0 aliphatic carbocycles. The topological polar surface area (TPSA) is 74.5 Å². The van der Waals surface area contributed by atoms with Crippen LogP contribution in [0.25, 0.3) is 10.7 Å². The van der Waals surface area contributed by atoms with Gasteiger partial charge in [0.15, 0.2) is 0 Å². The van der Waals surface area contributed by atoms with E-state index in [1.165, 1.54) is 0 Å². The van der Waals surface area contributed by atoms with Crippen molar-refractivity contribution in [3.63, 3.8) is 0 Å². The monoisotopic (exact) mass is 439 g/mol. The van der Waals surface area contributed by atoms with Crippen LogP contribution in [0.4, 0.5) is 5.69 Å². The number of carbonyl (C=O) groups is 1. The molecule has 0 spiro atoms. The third kappa shape index (κ3) is 5.78. The second-order valence-electron chi connectivity index (χ2n) is 8.03. The van der Waals surface area contributed by atoms with Gasteiger partial charge in [0.05, 0.1) is 11.4 Å². The maximum absolute atomic E-state index is 12.5. The summed E-state index contributed by atoms with van der Waals surface area (Å²) in [7, 11) is 0. The van der Waals surface area contributed by atoms with Gasteiger partial charge in [-0.2, -0.15) is 4.98 Å². The lowest BCUT2D eigenvalue weighted by atomic mass is 10.1. The zero-order chi connectivity index (χ0) is 21.6. The van der Waals surface area contributed by atoms with Gasteiger partial charge in [-0.3, -0.25) is 9.69 Å². The molecule has 0 unspecified atom stereocenters. The van der Waals surface area contributed by atoms with Crippen LogP contribution in [-0.2, 0) is 11.2 Å². The lowest BCUT2D eigenvalue weighted by Crippen LogP contribution is -2.48. The number of hydrogen-bond acceptors (Lipinski definition) is 7. The van der Waals surface area contributed by atoms with E-state index in [1.807, 2.05) is 49.6 Å². The summed E-state index contributed by atoms with van der Waals surface area (Å²) < 4.78 is 5.38. The molecular weight excluding hydrogens is 410 g/mol. The minimum Gasteiger partial charge on any atom is -0.339 e. The zero-order valence-corrected chi connectivity index (χ0v) is 19.0. The first-order valence-electron chi connectivity index (χ1n) is 10.8. The molecule has 1 saturated heterocycles. The highest BCUT2D eigenvalue weighted by atomic mass is 32.1. The normalized spacial score (nSPS) is 15.3. The molecule has 1 aliphatic heterocycles. The minimum atomic E-state index is 0.0591. The van der Waals surface area contributed by atoms with Gasteiger partial charge in [0, 0.05) is 38.3 Å². The molecule has 0 atom stereocenters. The van der Waals surface area contributed by atoms with Gasteiger partial charge in [-0.1, -0.05) is 29.4 Å². The van der Waals surface area contributed by atoms with E-state index in [9.17, 15) is 4.79 Å². The molecule has 0 radical (unpaired) electrons. The number of piperazine rings is 1. The Kier molecular flexibility index (Phi) is 7.11. The molecule has 1 aromatic carbocycles. The minimum absolute atomic E-state index is 0.0591. The van der Waals surface area contributed by atoms with Crippen molar-refractivity contribution in [3.8, 4) is 10.7 Å². The summed E-state index contributed by atoms with van der Waals surface area (Å²) in [5, 5.41) is 9.17. The van der Waals surface area contributed by atoms with Gasteiger partial charge in [-0.15, -0.1) is 11.3 Å². The van der Waals surface area contributed by atoms with Crippen LogP contribution in [0.1, 0.15) is 23.4 Å². The first kappa shape index (κ1) is 21.7. The summed E-state index contributed by atoms with van der Waals surface area (Å²) in [6.07, 6.45) is 1.77. The number of para-hydroxylation sites is 1. The molecule has 4 rings (SSSR count). The molecule has 7 nitrogen and oxygen atoms in total. The van der Waals surface area contributed by atoms with Crippen molar-refractivity contribution in [1.82, 2.24) is 19.9 Å². The van der Waals surface area contributed by atoms with Crippen molar-refractivity contribution in [2.45, 2.75) is 26.7 Å². The number of nitrogens with zero attached hydrogens (tertiary/aromatic N) is 4. The molecule has 31 heavy (non-hydrogen) atoms. The van der Waals surface area contributed by atoms with E-state index in [4.69, 9.17) is 4.52 Å². The van der Waals surface area contributed by atoms with Crippen molar-refractivity contribution in [3.05, 3.63) is 52.7 Å². The summed E-state index contributed by atoms with van der Waals surface area (Å²) in [5.41, 5.74) is 3.14. The second kappa shape index (κ2) is 10.2. The van der Waals surface area contributed by atoms with Crippen molar-refractivity contribution in [1.29, 1.82) is 0 Å². The highest BCUT2D eigenvalue weighted by Gasteiger charge is 2.19. The van der Waals surface area contributed by atoms with E-state index in [0.29, 0.717) is 18.3 Å². The largest absolute Gasteiger partial charge is 0.339 e. The van der Waals surface area contributed by atoms with Gasteiger partial charge in [-0.25, -0.2) is 0 Å². The quantitative estimate of drug-likeness (QED) is 0.578. The standard InChI is InChI=1S/C23H29N5O2S/c1-17-6-3-7-18(2)22(17)24-20(29)16-28-13-11-27(12-14-28)10-4-9-21-25-23(26-30-21)19-8-5-15-31-19/h3,5-8,15H,4,9-14,16H2,1-2H3,(H,24,29). The van der Waals surface area contributed by atoms with Crippen LogP contribution >= 0.6 is 11.3 Å². The van der Waals surface area contributed by atoms with Gasteiger partial charge in [-0.05, 0) is 49.4 Å². The fourth-order valence-corrected chi connectivity index (χ4v) is 4.53. The van der Waals surface area contributed by atoms with E-state index in [-0.39, 0.29) is 5.91 Å². The Morgan fingerprint density at radius 3 is 2.55 bits per heavy atom. The van der Waals surface area contributed by atoms with Crippen molar-refractivity contribution in [2.75, 3.05) is 44.6 Å². The number of aryl methyl sites for hydroxylation is 3. The molecule has 1 N–H and O–H groups in total. The summed E-state index contributed by atoms with van der Waals surface area (Å²) in [6, 6.07) is 10.1. The maximum Gasteiger partial charge on any atom is 0.238 e. The second-order valence-corrected chi connectivity index (χ2v) is 8.97. The molecule has 2 aromatic heterocycles. The van der Waals surface area contributed by atoms with Crippen LogP contribution in [0.2, 0.25) is 0 Å². The van der Waals surface area contributed by atoms with E-state index in [0.717, 1.165) is 67.3 Å². The first-order chi connectivity index (χ1) is 15.1. The van der Waals surface area contributed by atoms with Crippen LogP contribution < -0.4 is 5.32 Å². The molecule has 1 amide bonds. The molecule has 1 fully saturated rings. The molecule has 164 valence electrons. The van der Waals surface area contributed by atoms with Gasteiger partial charge < -0.3 is 14.7 Å². The third-order valence-electron chi connectivity index (χ3n) is 5.65. The van der Waals surface area contributed by atoms with Crippen molar-refractivity contribution in [2.24, 2.45) is 0 Å². The number of aromatic nitrogens is 2. The Labute approximate surface area is 187 Å². The average Bonchev–Trinajstić information content (AvgIpc) is 3.44. The highest BCUT2D eigenvalue weighted by Crippen LogP contribution is 2.22. The Morgan fingerprint density at radius 1 is 1.10 bits per heavy atom. The van der Waals surface area contributed by atoms with Crippen molar-refractivity contribution < 1.29 is 9.32 Å². The van der Waals surface area contributed by atoms with E-state index >= 15 is 0 Å². The van der Waals surface area contributed by atoms with Gasteiger partial charge in [0.25, 0.3) is 0 Å². The Morgan fingerprint density at radius 2 is 1.84 bits per heavy atom. The lowest BCUT2D eigenvalue weighted by Gasteiger charge is -2.34. The van der Waals surface area contributed by atoms with Crippen LogP contribution in [0.5, 0.6) is 0 Å². The van der Waals surface area contributed by atoms with E-state index in [1.54, 1.807) is 11.3 Å². The molecular formula is C23H29N5O2S. The van der Waals surface area contributed by atoms with Crippen LogP contribution in [0.3, 0.4) is 0 Å². The number of nitrogens with one attached hydrogen (secondary N) is 1. The summed E-state index contributed by atoms with van der Waals surface area (Å²) in [4.78, 5) is 22.7. The predicted octanol–water partition coefficient (Wildman–Crippen LogP) is 3.60. The van der Waals surface area contributed by atoms with Crippen LogP contribution in [-0.4, -0.2) is 65.1 Å². The maximum atomic E-state index is 12.5. The van der Waals surface area contributed by atoms with Gasteiger partial charge >= 0.3 is 0 Å². The number of benzene rings is 1. The van der Waals surface area contributed by atoms with Crippen molar-refractivity contribution >= 4 is 22.9 Å². The number of hydrogen-bond donors (Lipinski definition) is 1. The van der Waals surface area contributed by atoms with Crippen LogP contribution in [0.15, 0.2) is 40.2 Å². The third-order valence-corrected chi connectivity index (χ3v) is 6.52. The Balaban J connectivity index is 1.16. The van der Waals surface area contributed by atoms with Gasteiger partial charge in [0.2, 0.25) is 17.6 Å². The number of carbonyl (C=O) groups excluding carboxylic acids is 1. The number of amides is 1. The first-order valence-corrected chi connectivity index (χ1v) is 11.6. The summed E-state index contributed by atoms with van der Waals surface area (Å²) >= 11 is 1.62. The molecule has 0 saturated carbocycles. The molecule has 3 aromatic rings. The van der Waals surface area contributed by atoms with Gasteiger partial charge in [0.1, 0.15) is 0 Å². The van der Waals surface area contributed by atoms with E-state index < -0.39 is 0 Å². The van der Waals surface area contributed by atoms with E-state index in [2.05, 4.69) is 25.3 Å². The fourth-order valence-electron chi connectivity index (χ4n) is 3.88. The molecule has 1 aliphatic rings. The smallest absolute Gasteiger partial charge is 0.238 e. The Hall–Kier alpha value is -2.55. The highest BCUT2D eigenvalue weighted by molar-refractivity contribution is 7.13. The Bertz CT molecular complexity index is 973. The molecule has 0 bridgehead atoms. The zero-order valence-electron chi connectivity index (χ0n) is 18.1. The SMILES string of the molecule is Cc1cccc(C)c1NC(=O)CN1CCN(CCCc2nc(-c3cccs3)no2)CC1. The number of thiophene rings is 1. The fraction of sp³-hybridized carbons (Fsp3) is 0.435.